The van der Waals surface area contributed by atoms with Crippen molar-refractivity contribution >= 4 is 61.4 Å². The molecular weight excluding hydrogens is 539 g/mol. The number of benzene rings is 3. The van der Waals surface area contributed by atoms with Crippen LogP contribution in [0.25, 0.3) is 10.9 Å². The molecule has 1 heterocycles. The molecule has 12 heteroatoms. The zero-order valence-corrected chi connectivity index (χ0v) is 21.7. The van der Waals surface area contributed by atoms with Crippen LogP contribution in [-0.2, 0) is 21.4 Å². The van der Waals surface area contributed by atoms with Gasteiger partial charge in [-0.3, -0.25) is 18.5 Å². The van der Waals surface area contributed by atoms with Crippen molar-refractivity contribution in [3.8, 4) is 0 Å². The standard InChI is InChI=1S/C25H22Cl2N4O5S/c26-21-10-7-18(15-22(21)27)31(13-14-32)37(35,36)19-8-5-17(6-9-19)29-24(33)11-12-30-16-28-23-4-2-1-3-20(23)25(30)34/h1-10,15-16,32H,11-14H2,(H,29,33). The minimum absolute atomic E-state index is 0.0155. The number of carbonyl (C=O) groups excluding carboxylic acids is 1. The van der Waals surface area contributed by atoms with Gasteiger partial charge < -0.3 is 10.4 Å². The lowest BCUT2D eigenvalue weighted by Gasteiger charge is -2.24. The average Bonchev–Trinajstić information content (AvgIpc) is 2.89. The van der Waals surface area contributed by atoms with E-state index in [0.29, 0.717) is 16.6 Å². The van der Waals surface area contributed by atoms with Gasteiger partial charge in [-0.05, 0) is 54.6 Å². The first kappa shape index (κ1) is 26.6. The molecule has 0 bridgehead atoms. The molecule has 192 valence electrons. The lowest BCUT2D eigenvalue weighted by atomic mass is 10.2. The third-order valence-corrected chi connectivity index (χ3v) is 8.11. The van der Waals surface area contributed by atoms with Crippen LogP contribution in [-0.4, -0.2) is 42.1 Å². The number of aromatic nitrogens is 2. The largest absolute Gasteiger partial charge is 0.394 e. The highest BCUT2D eigenvalue weighted by atomic mass is 35.5. The molecule has 0 unspecified atom stereocenters. The Balaban J connectivity index is 1.45. The number of nitrogens with zero attached hydrogens (tertiary/aromatic N) is 3. The number of aliphatic hydroxyl groups excluding tert-OH is 1. The van der Waals surface area contributed by atoms with Crippen LogP contribution in [0.5, 0.6) is 0 Å². The Labute approximate surface area is 222 Å². The van der Waals surface area contributed by atoms with E-state index >= 15 is 0 Å². The van der Waals surface area contributed by atoms with Crippen LogP contribution in [0.15, 0.2) is 82.7 Å². The van der Waals surface area contributed by atoms with Gasteiger partial charge in [0.25, 0.3) is 15.6 Å². The lowest BCUT2D eigenvalue weighted by molar-refractivity contribution is -0.116. The summed E-state index contributed by atoms with van der Waals surface area (Å²) in [5, 5.41) is 13.1. The third-order valence-electron chi connectivity index (χ3n) is 5.53. The number of rotatable bonds is 9. The summed E-state index contributed by atoms with van der Waals surface area (Å²) < 4.78 is 28.9. The number of halogens is 2. The molecule has 4 rings (SSSR count). The second-order valence-corrected chi connectivity index (χ2v) is 10.7. The van der Waals surface area contributed by atoms with Gasteiger partial charge in [-0.2, -0.15) is 0 Å². The van der Waals surface area contributed by atoms with E-state index < -0.39 is 16.6 Å². The number of aryl methyl sites for hydroxylation is 1. The molecule has 0 saturated carbocycles. The minimum atomic E-state index is -4.05. The number of sulfonamides is 1. The fraction of sp³-hybridized carbons (Fsp3) is 0.160. The van der Waals surface area contributed by atoms with Crippen molar-refractivity contribution in [2.24, 2.45) is 0 Å². The molecule has 0 radical (unpaired) electrons. The smallest absolute Gasteiger partial charge is 0.264 e. The zero-order chi connectivity index (χ0) is 26.6. The van der Waals surface area contributed by atoms with Gasteiger partial charge in [-0.15, -0.1) is 0 Å². The Morgan fingerprint density at radius 3 is 2.46 bits per heavy atom. The van der Waals surface area contributed by atoms with Crippen molar-refractivity contribution in [3.05, 3.63) is 93.5 Å². The number of hydrogen-bond donors (Lipinski definition) is 2. The summed E-state index contributed by atoms with van der Waals surface area (Å²) >= 11 is 12.0. The summed E-state index contributed by atoms with van der Waals surface area (Å²) in [6, 6.07) is 17.0. The molecule has 0 spiro atoms. The molecule has 9 nitrogen and oxygen atoms in total. The maximum absolute atomic E-state index is 13.3. The second kappa shape index (κ2) is 11.3. The molecule has 0 atom stereocenters. The van der Waals surface area contributed by atoms with Gasteiger partial charge in [0, 0.05) is 18.7 Å². The molecule has 37 heavy (non-hydrogen) atoms. The van der Waals surface area contributed by atoms with E-state index in [2.05, 4.69) is 10.3 Å². The Kier molecular flexibility index (Phi) is 8.13. The summed E-state index contributed by atoms with van der Waals surface area (Å²) in [6.07, 6.45) is 1.42. The molecule has 0 saturated heterocycles. The van der Waals surface area contributed by atoms with Crippen molar-refractivity contribution in [1.29, 1.82) is 0 Å². The zero-order valence-electron chi connectivity index (χ0n) is 19.3. The van der Waals surface area contributed by atoms with E-state index in [0.717, 1.165) is 4.31 Å². The molecule has 1 aromatic heterocycles. The van der Waals surface area contributed by atoms with Crippen LogP contribution in [0.2, 0.25) is 10.0 Å². The molecule has 0 aliphatic heterocycles. The van der Waals surface area contributed by atoms with Crippen LogP contribution in [0.1, 0.15) is 6.42 Å². The SMILES string of the molecule is O=C(CCn1cnc2ccccc2c1=O)Nc1ccc(S(=O)(=O)N(CCO)c2ccc(Cl)c(Cl)c2)cc1. The van der Waals surface area contributed by atoms with Crippen LogP contribution in [0.3, 0.4) is 0 Å². The van der Waals surface area contributed by atoms with E-state index in [1.807, 2.05) is 0 Å². The molecule has 2 N–H and O–H groups in total. The average molecular weight is 561 g/mol. The first-order valence-electron chi connectivity index (χ1n) is 11.1. The summed E-state index contributed by atoms with van der Waals surface area (Å²) in [7, 11) is -4.05. The van der Waals surface area contributed by atoms with Crippen molar-refractivity contribution in [1.82, 2.24) is 9.55 Å². The van der Waals surface area contributed by atoms with Gasteiger partial charge >= 0.3 is 0 Å². The van der Waals surface area contributed by atoms with Crippen molar-refractivity contribution < 1.29 is 18.3 Å². The normalized spacial score (nSPS) is 11.4. The van der Waals surface area contributed by atoms with Crippen molar-refractivity contribution in [2.75, 3.05) is 22.8 Å². The van der Waals surface area contributed by atoms with E-state index in [1.165, 1.54) is 53.4 Å². The molecule has 0 aliphatic carbocycles. The molecule has 3 aromatic carbocycles. The van der Waals surface area contributed by atoms with E-state index in [-0.39, 0.29) is 51.6 Å². The van der Waals surface area contributed by atoms with Gasteiger partial charge in [0.05, 0.1) is 51.0 Å². The molecule has 0 fully saturated rings. The van der Waals surface area contributed by atoms with Gasteiger partial charge in [0.2, 0.25) is 5.91 Å². The summed E-state index contributed by atoms with van der Waals surface area (Å²) in [4.78, 5) is 29.2. The Morgan fingerprint density at radius 1 is 1.03 bits per heavy atom. The molecular formula is C25H22Cl2N4O5S. The second-order valence-electron chi connectivity index (χ2n) is 7.98. The predicted octanol–water partition coefficient (Wildman–Crippen LogP) is 3.92. The molecule has 4 aromatic rings. The highest BCUT2D eigenvalue weighted by Crippen LogP contribution is 2.30. The number of anilines is 2. The number of fused-ring (bicyclic) bond motifs is 1. The number of hydrogen-bond acceptors (Lipinski definition) is 6. The fourth-order valence-electron chi connectivity index (χ4n) is 3.67. The van der Waals surface area contributed by atoms with Gasteiger partial charge in [0.1, 0.15) is 0 Å². The quantitative estimate of drug-likeness (QED) is 0.320. The number of nitrogens with one attached hydrogen (secondary N) is 1. The first-order chi connectivity index (χ1) is 17.7. The lowest BCUT2D eigenvalue weighted by Crippen LogP contribution is -2.33. The Bertz CT molecular complexity index is 1610. The predicted molar refractivity (Wildman–Crippen MR) is 144 cm³/mol. The van der Waals surface area contributed by atoms with Crippen LogP contribution in [0, 0.1) is 0 Å². The monoisotopic (exact) mass is 560 g/mol. The third kappa shape index (κ3) is 5.94. The fourth-order valence-corrected chi connectivity index (χ4v) is 5.41. The highest BCUT2D eigenvalue weighted by Gasteiger charge is 2.25. The van der Waals surface area contributed by atoms with Gasteiger partial charge in [-0.25, -0.2) is 13.4 Å². The number of carbonyl (C=O) groups is 1. The summed E-state index contributed by atoms with van der Waals surface area (Å²) in [5.74, 6) is -0.353. The van der Waals surface area contributed by atoms with Gasteiger partial charge in [-0.1, -0.05) is 35.3 Å². The number of aliphatic hydroxyl groups is 1. The summed E-state index contributed by atoms with van der Waals surface area (Å²) in [5.41, 5.74) is 0.984. The van der Waals surface area contributed by atoms with E-state index in [1.54, 1.807) is 24.3 Å². The number of amides is 1. The van der Waals surface area contributed by atoms with Gasteiger partial charge in [0.15, 0.2) is 0 Å². The minimum Gasteiger partial charge on any atom is -0.394 e. The first-order valence-corrected chi connectivity index (χ1v) is 13.3. The van der Waals surface area contributed by atoms with Crippen LogP contribution < -0.4 is 15.2 Å². The Morgan fingerprint density at radius 2 is 1.76 bits per heavy atom. The van der Waals surface area contributed by atoms with Crippen LogP contribution in [0.4, 0.5) is 11.4 Å². The topological polar surface area (TPSA) is 122 Å². The maximum atomic E-state index is 13.3. The van der Waals surface area contributed by atoms with Crippen molar-refractivity contribution in [2.45, 2.75) is 17.9 Å². The van der Waals surface area contributed by atoms with Crippen molar-refractivity contribution in [3.63, 3.8) is 0 Å². The van der Waals surface area contributed by atoms with Crippen LogP contribution >= 0.6 is 23.2 Å². The molecule has 1 amide bonds. The molecule has 0 aliphatic rings. The highest BCUT2D eigenvalue weighted by molar-refractivity contribution is 7.92. The Hall–Kier alpha value is -3.44. The maximum Gasteiger partial charge on any atom is 0.264 e. The van der Waals surface area contributed by atoms with E-state index in [9.17, 15) is 23.1 Å². The van der Waals surface area contributed by atoms with E-state index in [4.69, 9.17) is 23.2 Å². The number of para-hydroxylation sites is 1. The summed E-state index contributed by atoms with van der Waals surface area (Å²) in [6.45, 7) is -0.472.